The monoisotopic (exact) mass is 229 g/mol. The molecule has 0 aliphatic heterocycles. The molecule has 4 N–H and O–H groups in total. The Bertz CT molecular complexity index is 436. The quantitative estimate of drug-likeness (QED) is 0.838. The number of hydrogen-bond acceptors (Lipinski definition) is 2. The third-order valence-electron chi connectivity index (χ3n) is 2.85. The van der Waals surface area contributed by atoms with Crippen LogP contribution in [0.2, 0.25) is 0 Å². The molecule has 2 heteroatoms. The molecule has 90 valence electrons. The summed E-state index contributed by atoms with van der Waals surface area (Å²) in [5.74, 6) is 0.804. The third-order valence-corrected chi connectivity index (χ3v) is 2.85. The van der Waals surface area contributed by atoms with Gasteiger partial charge in [-0.3, -0.25) is 0 Å². The number of benzene rings is 2. The van der Waals surface area contributed by atoms with Gasteiger partial charge in [0, 0.05) is 0 Å². The summed E-state index contributed by atoms with van der Waals surface area (Å²) in [6, 6.07) is 17.9. The minimum absolute atomic E-state index is 0. The van der Waals surface area contributed by atoms with Crippen molar-refractivity contribution in [3.63, 3.8) is 0 Å². The Labute approximate surface area is 103 Å². The molecule has 0 fully saturated rings. The van der Waals surface area contributed by atoms with Crippen molar-refractivity contribution in [2.24, 2.45) is 0 Å². The van der Waals surface area contributed by atoms with Crippen molar-refractivity contribution in [3.8, 4) is 5.75 Å². The minimum atomic E-state index is 0. The molecule has 0 heterocycles. The lowest BCUT2D eigenvalue weighted by molar-refractivity contribution is 0.475. The molecule has 0 spiro atoms. The molecule has 0 aliphatic rings. The van der Waals surface area contributed by atoms with E-state index in [1.807, 2.05) is 18.2 Å². The van der Waals surface area contributed by atoms with E-state index in [1.54, 1.807) is 12.1 Å². The van der Waals surface area contributed by atoms with Crippen molar-refractivity contribution in [2.45, 2.75) is 19.3 Å². The summed E-state index contributed by atoms with van der Waals surface area (Å²) in [5.41, 5.74) is 2.62. The molecule has 2 aromatic carbocycles. The van der Waals surface area contributed by atoms with Gasteiger partial charge >= 0.3 is 0 Å². The molecule has 0 amide bonds. The lowest BCUT2D eigenvalue weighted by Gasteiger charge is -2.11. The first-order chi connectivity index (χ1) is 7.75. The van der Waals surface area contributed by atoms with Crippen LogP contribution < -0.4 is 6.15 Å². The number of phenolic OH excluding ortho intramolecular Hbond substituents is 1. The van der Waals surface area contributed by atoms with Crippen LogP contribution in [0.1, 0.15) is 24.0 Å². The van der Waals surface area contributed by atoms with Crippen molar-refractivity contribution in [1.82, 2.24) is 6.15 Å². The maximum Gasteiger partial charge on any atom is 0.115 e. The summed E-state index contributed by atoms with van der Waals surface area (Å²) >= 11 is 0. The van der Waals surface area contributed by atoms with Gasteiger partial charge in [0.2, 0.25) is 0 Å². The normalized spacial score (nSPS) is 11.6. The van der Waals surface area contributed by atoms with E-state index in [1.165, 1.54) is 11.1 Å². The average Bonchev–Trinajstić information content (AvgIpc) is 2.31. The van der Waals surface area contributed by atoms with Crippen molar-refractivity contribution in [3.05, 3.63) is 65.7 Å². The molecule has 0 bridgehead atoms. The lowest BCUT2D eigenvalue weighted by Crippen LogP contribution is -1.97. The number of hydrogen-bond donors (Lipinski definition) is 2. The average molecular weight is 229 g/mol. The van der Waals surface area contributed by atoms with Gasteiger partial charge in [0.05, 0.1) is 0 Å². The largest absolute Gasteiger partial charge is 0.508 e. The molecule has 17 heavy (non-hydrogen) atoms. The van der Waals surface area contributed by atoms with Crippen LogP contribution in [0.15, 0.2) is 54.6 Å². The first kappa shape index (κ1) is 13.3. The highest BCUT2D eigenvalue weighted by molar-refractivity contribution is 5.29. The second-order valence-electron chi connectivity index (χ2n) is 4.18. The summed E-state index contributed by atoms with van der Waals surface area (Å²) in [7, 11) is 0. The fourth-order valence-corrected chi connectivity index (χ4v) is 1.89. The first-order valence-corrected chi connectivity index (χ1v) is 5.58. The fraction of sp³-hybridized carbons (Fsp3) is 0.200. The highest BCUT2D eigenvalue weighted by Crippen LogP contribution is 2.22. The third kappa shape index (κ3) is 3.61. The topological polar surface area (TPSA) is 55.2 Å². The number of phenols is 1. The van der Waals surface area contributed by atoms with Gasteiger partial charge in [-0.15, -0.1) is 0 Å². The van der Waals surface area contributed by atoms with Gasteiger partial charge in [-0.05, 0) is 35.6 Å². The summed E-state index contributed by atoms with van der Waals surface area (Å²) in [5, 5.41) is 9.23. The van der Waals surface area contributed by atoms with Gasteiger partial charge < -0.3 is 11.3 Å². The maximum atomic E-state index is 9.23. The van der Waals surface area contributed by atoms with Crippen LogP contribution in [-0.4, -0.2) is 5.11 Å². The van der Waals surface area contributed by atoms with E-state index in [-0.39, 0.29) is 6.15 Å². The van der Waals surface area contributed by atoms with Crippen LogP contribution in [0, 0.1) is 0 Å². The van der Waals surface area contributed by atoms with Crippen LogP contribution in [0.5, 0.6) is 5.75 Å². The highest BCUT2D eigenvalue weighted by atomic mass is 16.3. The van der Waals surface area contributed by atoms with E-state index in [4.69, 9.17) is 0 Å². The predicted octanol–water partition coefficient (Wildman–Crippen LogP) is 3.90. The maximum absolute atomic E-state index is 9.23. The summed E-state index contributed by atoms with van der Waals surface area (Å²) in [4.78, 5) is 0. The van der Waals surface area contributed by atoms with Crippen molar-refractivity contribution >= 4 is 0 Å². The molecule has 2 aromatic rings. The zero-order valence-electron chi connectivity index (χ0n) is 10.1. The Kier molecular flexibility index (Phi) is 4.73. The standard InChI is InChI=1S/C15H16O.H3N/c1-12(11-13-5-3-2-4-6-13)14-7-9-15(16)10-8-14;/h2-10,12,16H,11H2,1H3;1H3. The molecule has 0 radical (unpaired) electrons. The van der Waals surface area contributed by atoms with Gasteiger partial charge in [-0.25, -0.2) is 0 Å². The molecule has 0 aromatic heterocycles. The van der Waals surface area contributed by atoms with Crippen molar-refractivity contribution < 1.29 is 5.11 Å². The second kappa shape index (κ2) is 6.06. The highest BCUT2D eigenvalue weighted by Gasteiger charge is 2.06. The van der Waals surface area contributed by atoms with Crippen LogP contribution in [0.3, 0.4) is 0 Å². The Morgan fingerprint density at radius 2 is 1.53 bits per heavy atom. The van der Waals surface area contributed by atoms with Gasteiger partial charge in [0.25, 0.3) is 0 Å². The van der Waals surface area contributed by atoms with Crippen LogP contribution >= 0.6 is 0 Å². The summed E-state index contributed by atoms with van der Waals surface area (Å²) in [6.45, 7) is 2.21. The van der Waals surface area contributed by atoms with E-state index in [0.29, 0.717) is 11.7 Å². The van der Waals surface area contributed by atoms with E-state index in [0.717, 1.165) is 6.42 Å². The Morgan fingerprint density at radius 1 is 0.941 bits per heavy atom. The fourth-order valence-electron chi connectivity index (χ4n) is 1.89. The molecule has 1 atom stereocenters. The molecule has 0 saturated carbocycles. The van der Waals surface area contributed by atoms with Crippen LogP contribution in [0.4, 0.5) is 0 Å². The van der Waals surface area contributed by atoms with Gasteiger partial charge in [-0.2, -0.15) is 0 Å². The van der Waals surface area contributed by atoms with E-state index >= 15 is 0 Å². The molecule has 2 nitrogen and oxygen atoms in total. The summed E-state index contributed by atoms with van der Waals surface area (Å²) < 4.78 is 0. The minimum Gasteiger partial charge on any atom is -0.508 e. The molecular formula is C15H19NO. The van der Waals surface area contributed by atoms with Gasteiger partial charge in [0.15, 0.2) is 0 Å². The van der Waals surface area contributed by atoms with Crippen molar-refractivity contribution in [1.29, 1.82) is 0 Å². The Balaban J connectivity index is 0.00000144. The van der Waals surface area contributed by atoms with Gasteiger partial charge in [0.1, 0.15) is 5.75 Å². The zero-order valence-corrected chi connectivity index (χ0v) is 10.1. The van der Waals surface area contributed by atoms with E-state index < -0.39 is 0 Å². The van der Waals surface area contributed by atoms with Gasteiger partial charge in [-0.1, -0.05) is 49.4 Å². The molecule has 0 aliphatic carbocycles. The molecule has 0 saturated heterocycles. The predicted molar refractivity (Wildman–Crippen MR) is 71.7 cm³/mol. The van der Waals surface area contributed by atoms with E-state index in [2.05, 4.69) is 31.2 Å². The zero-order chi connectivity index (χ0) is 11.4. The van der Waals surface area contributed by atoms with Crippen LogP contribution in [0.25, 0.3) is 0 Å². The van der Waals surface area contributed by atoms with Crippen LogP contribution in [-0.2, 0) is 6.42 Å². The smallest absolute Gasteiger partial charge is 0.115 e. The Hall–Kier alpha value is -1.80. The lowest BCUT2D eigenvalue weighted by atomic mass is 9.94. The first-order valence-electron chi connectivity index (χ1n) is 5.58. The number of aromatic hydroxyl groups is 1. The Morgan fingerprint density at radius 3 is 2.12 bits per heavy atom. The number of rotatable bonds is 3. The molecule has 1 unspecified atom stereocenters. The SMILES string of the molecule is CC(Cc1ccccc1)c1ccc(O)cc1.N. The molecule has 2 rings (SSSR count). The second-order valence-corrected chi connectivity index (χ2v) is 4.18. The summed E-state index contributed by atoms with van der Waals surface area (Å²) in [6.07, 6.45) is 1.03. The molecular weight excluding hydrogens is 210 g/mol. The van der Waals surface area contributed by atoms with E-state index in [9.17, 15) is 5.11 Å². The van der Waals surface area contributed by atoms with Crippen molar-refractivity contribution in [2.75, 3.05) is 0 Å².